The molecule has 1 fully saturated rings. The van der Waals surface area contributed by atoms with Crippen LogP contribution in [0.2, 0.25) is 5.02 Å². The van der Waals surface area contributed by atoms with Gasteiger partial charge in [0, 0.05) is 17.3 Å². The van der Waals surface area contributed by atoms with Crippen LogP contribution in [0, 0.1) is 0 Å². The van der Waals surface area contributed by atoms with E-state index in [1.54, 1.807) is 0 Å². The first kappa shape index (κ1) is 9.72. The molecule has 0 radical (unpaired) electrons. The molecular formula is C12H14ClN. The maximum absolute atomic E-state index is 5.79. The molecule has 0 unspecified atom stereocenters. The second-order valence-corrected chi connectivity index (χ2v) is 4.20. The lowest BCUT2D eigenvalue weighted by Gasteiger charge is -2.00. The Morgan fingerprint density at radius 3 is 2.43 bits per heavy atom. The quantitative estimate of drug-likeness (QED) is 0.656. The summed E-state index contributed by atoms with van der Waals surface area (Å²) >= 11 is 5.79. The van der Waals surface area contributed by atoms with Crippen LogP contribution in [0.4, 0.5) is 0 Å². The zero-order valence-corrected chi connectivity index (χ0v) is 8.87. The molecule has 1 nitrogen and oxygen atoms in total. The maximum atomic E-state index is 5.79. The molecule has 0 saturated heterocycles. The molecule has 1 aromatic rings. The van der Waals surface area contributed by atoms with E-state index in [9.17, 15) is 0 Å². The van der Waals surface area contributed by atoms with Gasteiger partial charge in [-0.15, -0.1) is 0 Å². The minimum atomic E-state index is 0.561. The molecule has 1 aliphatic carbocycles. The van der Waals surface area contributed by atoms with Gasteiger partial charge in [0.25, 0.3) is 0 Å². The van der Waals surface area contributed by atoms with Crippen LogP contribution in [-0.4, -0.2) is 12.3 Å². The summed E-state index contributed by atoms with van der Waals surface area (Å²) < 4.78 is 0. The smallest absolute Gasteiger partial charge is 0.0499 e. The molecule has 0 aromatic heterocycles. The summed E-state index contributed by atoms with van der Waals surface area (Å²) in [7, 11) is 0. The number of hydrogen-bond acceptors (Lipinski definition) is 1. The van der Waals surface area contributed by atoms with E-state index in [0.29, 0.717) is 6.04 Å². The van der Waals surface area contributed by atoms with Crippen molar-refractivity contribution in [2.24, 2.45) is 4.99 Å². The van der Waals surface area contributed by atoms with Crippen molar-refractivity contribution in [2.75, 3.05) is 0 Å². The van der Waals surface area contributed by atoms with Gasteiger partial charge < -0.3 is 0 Å². The molecule has 2 heteroatoms. The van der Waals surface area contributed by atoms with Gasteiger partial charge in [0.15, 0.2) is 0 Å². The van der Waals surface area contributed by atoms with Gasteiger partial charge in [0.1, 0.15) is 0 Å². The summed E-state index contributed by atoms with van der Waals surface area (Å²) in [6.07, 6.45) is 7.14. The third-order valence-corrected chi connectivity index (χ3v) is 2.88. The zero-order chi connectivity index (χ0) is 9.80. The van der Waals surface area contributed by atoms with Gasteiger partial charge in [-0.1, -0.05) is 36.6 Å². The Balaban J connectivity index is 1.99. The minimum absolute atomic E-state index is 0.561. The van der Waals surface area contributed by atoms with Gasteiger partial charge in [-0.25, -0.2) is 0 Å². The Hall–Kier alpha value is -0.820. The van der Waals surface area contributed by atoms with E-state index in [1.807, 2.05) is 30.5 Å². The molecule has 74 valence electrons. The molecule has 0 atom stereocenters. The Kier molecular flexibility index (Phi) is 3.20. The van der Waals surface area contributed by atoms with Crippen molar-refractivity contribution in [3.8, 4) is 0 Å². The highest BCUT2D eigenvalue weighted by Crippen LogP contribution is 2.20. The standard InChI is InChI=1S/C12H14ClN/c13-11-7-5-10(6-8-11)9-14-12-3-1-2-4-12/h5-9,12H,1-4H2. The number of benzene rings is 1. The SMILES string of the molecule is Clc1ccc(C=NC2CCCC2)cc1. The summed E-state index contributed by atoms with van der Waals surface area (Å²) in [6.45, 7) is 0. The first-order valence-electron chi connectivity index (χ1n) is 5.13. The third-order valence-electron chi connectivity index (χ3n) is 2.63. The number of aliphatic imine (C=N–C) groups is 1. The van der Waals surface area contributed by atoms with E-state index < -0.39 is 0 Å². The van der Waals surface area contributed by atoms with Gasteiger partial charge in [0.05, 0.1) is 0 Å². The molecule has 0 aliphatic heterocycles. The van der Waals surface area contributed by atoms with Crippen LogP contribution in [-0.2, 0) is 0 Å². The summed E-state index contributed by atoms with van der Waals surface area (Å²) in [4.78, 5) is 4.56. The molecule has 1 aliphatic rings. The van der Waals surface area contributed by atoms with Crippen LogP contribution in [0.1, 0.15) is 31.2 Å². The Bertz CT molecular complexity index is 310. The fraction of sp³-hybridized carbons (Fsp3) is 0.417. The summed E-state index contributed by atoms with van der Waals surface area (Å²) in [6, 6.07) is 8.36. The third kappa shape index (κ3) is 2.58. The normalized spacial score (nSPS) is 18.1. The van der Waals surface area contributed by atoms with Crippen LogP contribution in [0.15, 0.2) is 29.3 Å². The van der Waals surface area contributed by atoms with Crippen LogP contribution < -0.4 is 0 Å². The molecular weight excluding hydrogens is 194 g/mol. The molecule has 1 aromatic carbocycles. The molecule has 0 spiro atoms. The summed E-state index contributed by atoms with van der Waals surface area (Å²) in [5, 5.41) is 0.781. The highest BCUT2D eigenvalue weighted by Gasteiger charge is 2.11. The zero-order valence-electron chi connectivity index (χ0n) is 8.12. The highest BCUT2D eigenvalue weighted by atomic mass is 35.5. The van der Waals surface area contributed by atoms with E-state index in [0.717, 1.165) is 10.6 Å². The van der Waals surface area contributed by atoms with Crippen molar-refractivity contribution < 1.29 is 0 Å². The predicted molar refractivity (Wildman–Crippen MR) is 61.3 cm³/mol. The van der Waals surface area contributed by atoms with E-state index in [4.69, 9.17) is 11.6 Å². The number of rotatable bonds is 2. The van der Waals surface area contributed by atoms with Crippen LogP contribution in [0.5, 0.6) is 0 Å². The Morgan fingerprint density at radius 2 is 1.79 bits per heavy atom. The van der Waals surface area contributed by atoms with Gasteiger partial charge in [-0.3, -0.25) is 4.99 Å². The van der Waals surface area contributed by atoms with Crippen molar-refractivity contribution in [1.29, 1.82) is 0 Å². The maximum Gasteiger partial charge on any atom is 0.0499 e. The number of halogens is 1. The minimum Gasteiger partial charge on any atom is -0.289 e. The van der Waals surface area contributed by atoms with Crippen molar-refractivity contribution in [1.82, 2.24) is 0 Å². The largest absolute Gasteiger partial charge is 0.289 e. The van der Waals surface area contributed by atoms with Crippen LogP contribution >= 0.6 is 11.6 Å². The monoisotopic (exact) mass is 207 g/mol. The van der Waals surface area contributed by atoms with Gasteiger partial charge >= 0.3 is 0 Å². The highest BCUT2D eigenvalue weighted by molar-refractivity contribution is 6.30. The van der Waals surface area contributed by atoms with Crippen molar-refractivity contribution in [3.63, 3.8) is 0 Å². The first-order valence-corrected chi connectivity index (χ1v) is 5.51. The first-order chi connectivity index (χ1) is 6.84. The molecule has 1 saturated carbocycles. The van der Waals surface area contributed by atoms with E-state index in [2.05, 4.69) is 4.99 Å². The lowest BCUT2D eigenvalue weighted by molar-refractivity contribution is 0.710. The molecule has 14 heavy (non-hydrogen) atoms. The Morgan fingerprint density at radius 1 is 1.14 bits per heavy atom. The molecule has 0 heterocycles. The topological polar surface area (TPSA) is 12.4 Å². The van der Waals surface area contributed by atoms with Crippen molar-refractivity contribution in [2.45, 2.75) is 31.7 Å². The van der Waals surface area contributed by atoms with E-state index >= 15 is 0 Å². The predicted octanol–water partition coefficient (Wildman–Crippen LogP) is 3.70. The summed E-state index contributed by atoms with van der Waals surface area (Å²) in [5.41, 5.74) is 1.14. The van der Waals surface area contributed by atoms with Crippen molar-refractivity contribution in [3.05, 3.63) is 34.9 Å². The average molecular weight is 208 g/mol. The van der Waals surface area contributed by atoms with Gasteiger partial charge in [-0.2, -0.15) is 0 Å². The molecule has 0 N–H and O–H groups in total. The number of nitrogens with zero attached hydrogens (tertiary/aromatic N) is 1. The second kappa shape index (κ2) is 4.61. The van der Waals surface area contributed by atoms with E-state index in [-0.39, 0.29) is 0 Å². The molecule has 2 rings (SSSR count). The van der Waals surface area contributed by atoms with E-state index in [1.165, 1.54) is 25.7 Å². The second-order valence-electron chi connectivity index (χ2n) is 3.77. The summed E-state index contributed by atoms with van der Waals surface area (Å²) in [5.74, 6) is 0. The lowest BCUT2D eigenvalue weighted by atomic mass is 10.2. The molecule has 0 bridgehead atoms. The van der Waals surface area contributed by atoms with Crippen LogP contribution in [0.3, 0.4) is 0 Å². The number of hydrogen-bond donors (Lipinski definition) is 0. The van der Waals surface area contributed by atoms with Gasteiger partial charge in [-0.05, 0) is 30.5 Å². The van der Waals surface area contributed by atoms with Gasteiger partial charge in [0.2, 0.25) is 0 Å². The lowest BCUT2D eigenvalue weighted by Crippen LogP contribution is -1.96. The average Bonchev–Trinajstić information content (AvgIpc) is 2.70. The van der Waals surface area contributed by atoms with Crippen molar-refractivity contribution >= 4 is 17.8 Å². The van der Waals surface area contributed by atoms with Crippen LogP contribution in [0.25, 0.3) is 0 Å². The fourth-order valence-electron chi connectivity index (χ4n) is 1.79. The molecule has 0 amide bonds. The fourth-order valence-corrected chi connectivity index (χ4v) is 1.92. The Labute approximate surface area is 89.8 Å².